The molecular weight excluding hydrogens is 325 g/mol. The van der Waals surface area contributed by atoms with Gasteiger partial charge in [0, 0.05) is 19.1 Å². The lowest BCUT2D eigenvalue weighted by molar-refractivity contribution is -0.125. The van der Waals surface area contributed by atoms with Gasteiger partial charge in [0.2, 0.25) is 5.91 Å². The minimum atomic E-state index is -0.835. The molecule has 0 aliphatic carbocycles. The standard InChI is InChI=1S/C15H23N3O2.2ClH/c1-15(2,16)14(19)17-11-8-9-18(10-11)12-6-4-5-7-13(12)20-3;;/h4-7,11H,8-10,16H2,1-3H3,(H,17,19);2*1H. The third-order valence-electron chi connectivity index (χ3n) is 3.53. The lowest BCUT2D eigenvalue weighted by Crippen LogP contribution is -2.52. The van der Waals surface area contributed by atoms with Crippen molar-refractivity contribution >= 4 is 36.4 Å². The zero-order valence-corrected chi connectivity index (χ0v) is 14.8. The van der Waals surface area contributed by atoms with E-state index < -0.39 is 5.54 Å². The minimum absolute atomic E-state index is 0. The van der Waals surface area contributed by atoms with Gasteiger partial charge in [-0.2, -0.15) is 0 Å². The molecule has 1 aromatic carbocycles. The van der Waals surface area contributed by atoms with Crippen LogP contribution in [0.25, 0.3) is 0 Å². The van der Waals surface area contributed by atoms with E-state index >= 15 is 0 Å². The summed E-state index contributed by atoms with van der Waals surface area (Å²) in [6.07, 6.45) is 0.917. The van der Waals surface area contributed by atoms with Gasteiger partial charge in [-0.3, -0.25) is 4.79 Å². The number of nitrogens with zero attached hydrogens (tertiary/aromatic N) is 1. The van der Waals surface area contributed by atoms with Crippen molar-refractivity contribution in [1.82, 2.24) is 5.32 Å². The van der Waals surface area contributed by atoms with Crippen molar-refractivity contribution in [1.29, 1.82) is 0 Å². The summed E-state index contributed by atoms with van der Waals surface area (Å²) >= 11 is 0. The normalized spacial score (nSPS) is 17.3. The van der Waals surface area contributed by atoms with E-state index in [-0.39, 0.29) is 36.8 Å². The zero-order chi connectivity index (χ0) is 14.8. The first-order chi connectivity index (χ1) is 9.41. The molecule has 1 amide bonds. The second-order valence-electron chi connectivity index (χ2n) is 5.80. The summed E-state index contributed by atoms with van der Waals surface area (Å²) in [7, 11) is 1.67. The second-order valence-corrected chi connectivity index (χ2v) is 5.80. The van der Waals surface area contributed by atoms with Crippen LogP contribution in [-0.2, 0) is 4.79 Å². The Kier molecular flexibility index (Phi) is 8.01. The van der Waals surface area contributed by atoms with Gasteiger partial charge in [-0.1, -0.05) is 12.1 Å². The van der Waals surface area contributed by atoms with Crippen molar-refractivity contribution < 1.29 is 9.53 Å². The van der Waals surface area contributed by atoms with Crippen LogP contribution in [0, 0.1) is 0 Å². The third kappa shape index (κ3) is 4.93. The molecule has 1 aliphatic heterocycles. The second kappa shape index (κ2) is 8.46. The van der Waals surface area contributed by atoms with Crippen molar-refractivity contribution in [2.24, 2.45) is 5.73 Å². The smallest absolute Gasteiger partial charge is 0.239 e. The maximum absolute atomic E-state index is 11.9. The van der Waals surface area contributed by atoms with Crippen molar-refractivity contribution in [2.45, 2.75) is 31.8 Å². The number of nitrogens with one attached hydrogen (secondary N) is 1. The molecule has 1 fully saturated rings. The largest absolute Gasteiger partial charge is 0.495 e. The molecule has 126 valence electrons. The Hall–Kier alpha value is -1.17. The average molecular weight is 350 g/mol. The number of halogens is 2. The van der Waals surface area contributed by atoms with Gasteiger partial charge in [0.1, 0.15) is 5.75 Å². The molecule has 0 radical (unpaired) electrons. The number of anilines is 1. The van der Waals surface area contributed by atoms with Crippen LogP contribution in [0.1, 0.15) is 20.3 Å². The fourth-order valence-corrected chi connectivity index (χ4v) is 2.36. The van der Waals surface area contributed by atoms with Crippen LogP contribution < -0.4 is 20.7 Å². The topological polar surface area (TPSA) is 67.6 Å². The monoisotopic (exact) mass is 349 g/mol. The van der Waals surface area contributed by atoms with E-state index in [2.05, 4.69) is 10.2 Å². The number of ether oxygens (including phenoxy) is 1. The fraction of sp³-hybridized carbons (Fsp3) is 0.533. The van der Waals surface area contributed by atoms with Gasteiger partial charge in [-0.25, -0.2) is 0 Å². The minimum Gasteiger partial charge on any atom is -0.495 e. The zero-order valence-electron chi connectivity index (χ0n) is 13.2. The van der Waals surface area contributed by atoms with Crippen molar-refractivity contribution in [3.8, 4) is 5.75 Å². The van der Waals surface area contributed by atoms with E-state index in [4.69, 9.17) is 10.5 Å². The van der Waals surface area contributed by atoms with Crippen molar-refractivity contribution in [3.63, 3.8) is 0 Å². The Bertz CT molecular complexity index is 492. The van der Waals surface area contributed by atoms with Gasteiger partial charge < -0.3 is 20.7 Å². The van der Waals surface area contributed by atoms with Crippen molar-refractivity contribution in [3.05, 3.63) is 24.3 Å². The summed E-state index contributed by atoms with van der Waals surface area (Å²) in [6.45, 7) is 5.11. The van der Waals surface area contributed by atoms with E-state index in [1.807, 2.05) is 24.3 Å². The highest BCUT2D eigenvalue weighted by Gasteiger charge is 2.29. The number of nitrogens with two attached hydrogens (primary N) is 1. The van der Waals surface area contributed by atoms with Gasteiger partial charge in [-0.05, 0) is 32.4 Å². The van der Waals surface area contributed by atoms with E-state index in [1.54, 1.807) is 21.0 Å². The average Bonchev–Trinajstić information content (AvgIpc) is 2.86. The molecular formula is C15H25Cl2N3O2. The van der Waals surface area contributed by atoms with Gasteiger partial charge in [-0.15, -0.1) is 24.8 Å². The first-order valence-corrected chi connectivity index (χ1v) is 6.89. The predicted octanol–water partition coefficient (Wildman–Crippen LogP) is 1.97. The van der Waals surface area contributed by atoms with Crippen LogP contribution in [-0.4, -0.2) is 37.7 Å². The summed E-state index contributed by atoms with van der Waals surface area (Å²) in [5.74, 6) is 0.753. The van der Waals surface area contributed by atoms with Crippen LogP contribution in [0.15, 0.2) is 24.3 Å². The van der Waals surface area contributed by atoms with Crippen LogP contribution >= 0.6 is 24.8 Å². The summed E-state index contributed by atoms with van der Waals surface area (Å²) in [5.41, 5.74) is 6.04. The van der Waals surface area contributed by atoms with Gasteiger partial charge in [0.25, 0.3) is 0 Å². The lowest BCUT2D eigenvalue weighted by Gasteiger charge is -2.23. The summed E-state index contributed by atoms with van der Waals surface area (Å²) in [4.78, 5) is 14.1. The fourth-order valence-electron chi connectivity index (χ4n) is 2.36. The maximum atomic E-state index is 11.9. The Morgan fingerprint density at radius 2 is 2.00 bits per heavy atom. The first kappa shape index (κ1) is 20.8. The molecule has 2 rings (SSSR count). The molecule has 1 saturated heterocycles. The number of hydrogen-bond donors (Lipinski definition) is 2. The highest BCUT2D eigenvalue weighted by Crippen LogP contribution is 2.30. The molecule has 1 heterocycles. The number of para-hydroxylation sites is 2. The summed E-state index contributed by atoms with van der Waals surface area (Å²) in [6, 6.07) is 8.07. The van der Waals surface area contributed by atoms with Crippen LogP contribution in [0.3, 0.4) is 0 Å². The third-order valence-corrected chi connectivity index (χ3v) is 3.53. The number of carbonyl (C=O) groups is 1. The molecule has 1 unspecified atom stereocenters. The Morgan fingerprint density at radius 3 is 2.59 bits per heavy atom. The maximum Gasteiger partial charge on any atom is 0.239 e. The van der Waals surface area contributed by atoms with E-state index in [9.17, 15) is 4.79 Å². The molecule has 1 aromatic rings. The van der Waals surface area contributed by atoms with Crippen LogP contribution in [0.2, 0.25) is 0 Å². The molecule has 1 aliphatic rings. The highest BCUT2D eigenvalue weighted by molar-refractivity contribution is 5.86. The molecule has 0 spiro atoms. The lowest BCUT2D eigenvalue weighted by atomic mass is 10.1. The molecule has 1 atom stereocenters. The van der Waals surface area contributed by atoms with E-state index in [0.29, 0.717) is 0 Å². The summed E-state index contributed by atoms with van der Waals surface area (Å²) in [5, 5.41) is 3.01. The predicted molar refractivity (Wildman–Crippen MR) is 94.5 cm³/mol. The van der Waals surface area contributed by atoms with Crippen LogP contribution in [0.4, 0.5) is 5.69 Å². The molecule has 0 aromatic heterocycles. The number of amides is 1. The van der Waals surface area contributed by atoms with Gasteiger partial charge >= 0.3 is 0 Å². The Morgan fingerprint density at radius 1 is 1.36 bits per heavy atom. The Balaban J connectivity index is 0.00000220. The van der Waals surface area contributed by atoms with E-state index in [1.165, 1.54) is 0 Å². The van der Waals surface area contributed by atoms with Crippen LogP contribution in [0.5, 0.6) is 5.75 Å². The van der Waals surface area contributed by atoms with Gasteiger partial charge in [0.05, 0.1) is 18.3 Å². The number of methoxy groups -OCH3 is 1. The number of carbonyl (C=O) groups excluding carboxylic acids is 1. The first-order valence-electron chi connectivity index (χ1n) is 6.89. The van der Waals surface area contributed by atoms with E-state index in [0.717, 1.165) is 30.9 Å². The number of rotatable bonds is 4. The summed E-state index contributed by atoms with van der Waals surface area (Å²) < 4.78 is 5.38. The SMILES string of the molecule is COc1ccccc1N1CCC(NC(=O)C(C)(C)N)C1.Cl.Cl. The molecule has 3 N–H and O–H groups in total. The number of benzene rings is 1. The molecule has 0 bridgehead atoms. The number of hydrogen-bond acceptors (Lipinski definition) is 4. The highest BCUT2D eigenvalue weighted by atomic mass is 35.5. The Labute approximate surface area is 144 Å². The molecule has 5 nitrogen and oxygen atoms in total. The molecule has 0 saturated carbocycles. The van der Waals surface area contributed by atoms with Crippen molar-refractivity contribution in [2.75, 3.05) is 25.1 Å². The molecule has 22 heavy (non-hydrogen) atoms. The molecule has 7 heteroatoms. The van der Waals surface area contributed by atoms with Gasteiger partial charge in [0.15, 0.2) is 0 Å². The quantitative estimate of drug-likeness (QED) is 0.871.